The molecular weight excluding hydrogens is 184 g/mol. The third-order valence-corrected chi connectivity index (χ3v) is 1.08. The summed E-state index contributed by atoms with van der Waals surface area (Å²) in [7, 11) is 0. The Labute approximate surface area is 84.6 Å². The summed E-state index contributed by atoms with van der Waals surface area (Å²) in [6, 6.07) is 0. The summed E-state index contributed by atoms with van der Waals surface area (Å²) in [5, 5.41) is 7.42. The Morgan fingerprint density at radius 1 is 1.36 bits per heavy atom. The van der Waals surface area contributed by atoms with Crippen molar-refractivity contribution in [2.45, 2.75) is 33.6 Å². The molecule has 14 heavy (non-hydrogen) atoms. The fourth-order valence-corrected chi connectivity index (χ4v) is 0.432. The van der Waals surface area contributed by atoms with Gasteiger partial charge in [-0.15, -0.1) is 0 Å². The van der Waals surface area contributed by atoms with E-state index in [0.717, 1.165) is 19.8 Å². The lowest BCUT2D eigenvalue weighted by Gasteiger charge is -2.01. The van der Waals surface area contributed by atoms with E-state index in [4.69, 9.17) is 14.6 Å². The molecule has 0 rings (SSSR count). The van der Waals surface area contributed by atoms with Crippen molar-refractivity contribution in [1.82, 2.24) is 0 Å². The van der Waals surface area contributed by atoms with E-state index in [-0.39, 0.29) is 5.97 Å². The van der Waals surface area contributed by atoms with Gasteiger partial charge < -0.3 is 9.84 Å². The van der Waals surface area contributed by atoms with Gasteiger partial charge >= 0.3 is 5.97 Å². The molecule has 4 nitrogen and oxygen atoms in total. The van der Waals surface area contributed by atoms with Crippen LogP contribution in [0.1, 0.15) is 33.6 Å². The van der Waals surface area contributed by atoms with Gasteiger partial charge in [-0.05, 0) is 13.3 Å². The highest BCUT2D eigenvalue weighted by Gasteiger charge is 2.00. The standard InChI is InChI=1S/C8H14O2.C2H4O2/c1-4-5-6-10-8(9)7(2)3;1-2(3)4/h2,4-6H2,1,3H3;1H3,(H,3,4). The zero-order chi connectivity index (χ0) is 11.6. The van der Waals surface area contributed by atoms with E-state index in [1.54, 1.807) is 6.92 Å². The van der Waals surface area contributed by atoms with E-state index in [2.05, 4.69) is 13.5 Å². The third kappa shape index (κ3) is 17.0. The first-order chi connectivity index (χ1) is 6.41. The molecule has 0 aliphatic heterocycles. The maximum absolute atomic E-state index is 10.7. The molecule has 0 aromatic heterocycles. The summed E-state index contributed by atoms with van der Waals surface area (Å²) in [6.45, 7) is 8.76. The molecule has 0 heterocycles. The van der Waals surface area contributed by atoms with E-state index in [1.165, 1.54) is 0 Å². The summed E-state index contributed by atoms with van der Waals surface area (Å²) in [5.41, 5.74) is 0.469. The van der Waals surface area contributed by atoms with Crippen LogP contribution in [-0.4, -0.2) is 23.7 Å². The number of aliphatic carboxylic acids is 1. The number of rotatable bonds is 4. The number of carboxylic acid groups (broad SMARTS) is 1. The van der Waals surface area contributed by atoms with Crippen LogP contribution in [0.5, 0.6) is 0 Å². The summed E-state index contributed by atoms with van der Waals surface area (Å²) in [6.07, 6.45) is 1.97. The molecule has 0 bridgehead atoms. The molecule has 0 fully saturated rings. The molecule has 0 aliphatic rings. The number of carbonyl (C=O) groups excluding carboxylic acids is 1. The van der Waals surface area contributed by atoms with E-state index < -0.39 is 5.97 Å². The van der Waals surface area contributed by atoms with Crippen molar-refractivity contribution in [1.29, 1.82) is 0 Å². The second-order valence-electron chi connectivity index (χ2n) is 2.79. The molecule has 0 saturated carbocycles. The Morgan fingerprint density at radius 3 is 2.07 bits per heavy atom. The van der Waals surface area contributed by atoms with E-state index in [0.29, 0.717) is 12.2 Å². The first kappa shape index (κ1) is 15.2. The molecule has 0 radical (unpaired) electrons. The van der Waals surface area contributed by atoms with Gasteiger partial charge in [0.05, 0.1) is 6.61 Å². The normalized spacial score (nSPS) is 8.21. The molecule has 0 aromatic rings. The molecule has 82 valence electrons. The highest BCUT2D eigenvalue weighted by molar-refractivity contribution is 5.86. The zero-order valence-electron chi connectivity index (χ0n) is 9.00. The highest BCUT2D eigenvalue weighted by atomic mass is 16.5. The SMILES string of the molecule is C=C(C)C(=O)OCCCC.CC(=O)O. The zero-order valence-corrected chi connectivity index (χ0v) is 9.00. The van der Waals surface area contributed by atoms with Crippen LogP contribution in [0.15, 0.2) is 12.2 Å². The van der Waals surface area contributed by atoms with Gasteiger partial charge in [0.25, 0.3) is 5.97 Å². The van der Waals surface area contributed by atoms with Crippen LogP contribution in [0.3, 0.4) is 0 Å². The predicted octanol–water partition coefficient (Wildman–Crippen LogP) is 2.00. The maximum atomic E-state index is 10.7. The fourth-order valence-electron chi connectivity index (χ4n) is 0.432. The van der Waals surface area contributed by atoms with Gasteiger partial charge in [0, 0.05) is 12.5 Å². The van der Waals surface area contributed by atoms with Crippen molar-refractivity contribution in [2.75, 3.05) is 6.61 Å². The molecular formula is C10H18O4. The Bertz CT molecular complexity index is 192. The van der Waals surface area contributed by atoms with Crippen molar-refractivity contribution >= 4 is 11.9 Å². The van der Waals surface area contributed by atoms with Gasteiger partial charge in [-0.3, -0.25) is 4.79 Å². The Balaban J connectivity index is 0. The predicted molar refractivity (Wildman–Crippen MR) is 54.0 cm³/mol. The van der Waals surface area contributed by atoms with Crippen LogP contribution in [0.4, 0.5) is 0 Å². The van der Waals surface area contributed by atoms with Gasteiger partial charge in [-0.1, -0.05) is 19.9 Å². The maximum Gasteiger partial charge on any atom is 0.333 e. The monoisotopic (exact) mass is 202 g/mol. The van der Waals surface area contributed by atoms with Crippen LogP contribution in [0.2, 0.25) is 0 Å². The number of carboxylic acids is 1. The quantitative estimate of drug-likeness (QED) is 0.430. The van der Waals surface area contributed by atoms with Crippen LogP contribution in [0.25, 0.3) is 0 Å². The topological polar surface area (TPSA) is 63.6 Å². The molecule has 0 aromatic carbocycles. The van der Waals surface area contributed by atoms with Crippen LogP contribution >= 0.6 is 0 Å². The molecule has 0 spiro atoms. The Kier molecular flexibility index (Phi) is 10.6. The molecule has 0 aliphatic carbocycles. The summed E-state index contributed by atoms with van der Waals surface area (Å²) in [4.78, 5) is 19.7. The Morgan fingerprint density at radius 2 is 1.79 bits per heavy atom. The van der Waals surface area contributed by atoms with Crippen molar-refractivity contribution < 1.29 is 19.4 Å². The summed E-state index contributed by atoms with van der Waals surface area (Å²) >= 11 is 0. The second kappa shape index (κ2) is 9.77. The average molecular weight is 202 g/mol. The smallest absolute Gasteiger partial charge is 0.333 e. The number of carbonyl (C=O) groups is 2. The van der Waals surface area contributed by atoms with Gasteiger partial charge in [0.2, 0.25) is 0 Å². The number of esters is 1. The largest absolute Gasteiger partial charge is 0.481 e. The van der Waals surface area contributed by atoms with Gasteiger partial charge in [0.15, 0.2) is 0 Å². The molecule has 0 amide bonds. The minimum atomic E-state index is -0.833. The second-order valence-corrected chi connectivity index (χ2v) is 2.79. The molecule has 0 saturated heterocycles. The highest BCUT2D eigenvalue weighted by Crippen LogP contribution is 1.94. The fraction of sp³-hybridized carbons (Fsp3) is 0.600. The van der Waals surface area contributed by atoms with Crippen molar-refractivity contribution in [3.8, 4) is 0 Å². The molecule has 4 heteroatoms. The number of ether oxygens (including phenoxy) is 1. The average Bonchev–Trinajstić information content (AvgIpc) is 2.03. The lowest BCUT2D eigenvalue weighted by Crippen LogP contribution is -2.05. The van der Waals surface area contributed by atoms with Gasteiger partial charge in [-0.25, -0.2) is 4.79 Å². The minimum Gasteiger partial charge on any atom is -0.481 e. The first-order valence-electron chi connectivity index (χ1n) is 4.44. The third-order valence-electron chi connectivity index (χ3n) is 1.08. The van der Waals surface area contributed by atoms with Crippen molar-refractivity contribution in [3.63, 3.8) is 0 Å². The van der Waals surface area contributed by atoms with E-state index in [1.807, 2.05) is 0 Å². The summed E-state index contributed by atoms with van der Waals surface area (Å²) in [5.74, 6) is -1.12. The van der Waals surface area contributed by atoms with Crippen LogP contribution in [-0.2, 0) is 14.3 Å². The molecule has 0 atom stereocenters. The lowest BCUT2D eigenvalue weighted by molar-refractivity contribution is -0.139. The van der Waals surface area contributed by atoms with Crippen molar-refractivity contribution in [2.24, 2.45) is 0 Å². The number of hydrogen-bond donors (Lipinski definition) is 1. The minimum absolute atomic E-state index is 0.284. The first-order valence-corrected chi connectivity index (χ1v) is 4.44. The number of unbranched alkanes of at least 4 members (excludes halogenated alkanes) is 1. The van der Waals surface area contributed by atoms with Gasteiger partial charge in [-0.2, -0.15) is 0 Å². The summed E-state index contributed by atoms with van der Waals surface area (Å²) < 4.78 is 4.81. The van der Waals surface area contributed by atoms with Gasteiger partial charge in [0.1, 0.15) is 0 Å². The van der Waals surface area contributed by atoms with E-state index >= 15 is 0 Å². The van der Waals surface area contributed by atoms with Crippen LogP contribution in [0, 0.1) is 0 Å². The van der Waals surface area contributed by atoms with Crippen molar-refractivity contribution in [3.05, 3.63) is 12.2 Å². The van der Waals surface area contributed by atoms with Crippen LogP contribution < -0.4 is 0 Å². The molecule has 1 N–H and O–H groups in total. The Hall–Kier alpha value is -1.32. The molecule has 0 unspecified atom stereocenters. The lowest BCUT2D eigenvalue weighted by atomic mass is 10.3. The van der Waals surface area contributed by atoms with E-state index in [9.17, 15) is 4.79 Å². The number of hydrogen-bond acceptors (Lipinski definition) is 3.